The lowest BCUT2D eigenvalue weighted by Gasteiger charge is -2.20. The number of ether oxygens (including phenoxy) is 1. The number of sulfonamides is 1. The van der Waals surface area contributed by atoms with Gasteiger partial charge >= 0.3 is 5.97 Å². The summed E-state index contributed by atoms with van der Waals surface area (Å²) in [6.07, 6.45) is 1.29. The highest BCUT2D eigenvalue weighted by Gasteiger charge is 2.41. The molecule has 0 fully saturated rings. The van der Waals surface area contributed by atoms with E-state index in [1.807, 2.05) is 6.92 Å². The molecule has 1 amide bonds. The zero-order chi connectivity index (χ0) is 27.6. The van der Waals surface area contributed by atoms with Crippen molar-refractivity contribution in [2.24, 2.45) is 0 Å². The van der Waals surface area contributed by atoms with Gasteiger partial charge in [-0.15, -0.1) is 0 Å². The molecule has 3 aromatic rings. The number of nitro groups is 1. The molecule has 38 heavy (non-hydrogen) atoms. The molecule has 2 unspecified atom stereocenters. The van der Waals surface area contributed by atoms with Crippen LogP contribution in [0.2, 0.25) is 0 Å². The molecule has 2 atom stereocenters. The summed E-state index contributed by atoms with van der Waals surface area (Å²) in [7, 11) is -1.42. The van der Waals surface area contributed by atoms with Gasteiger partial charge in [0.15, 0.2) is 0 Å². The smallest absolute Gasteiger partial charge is 0.334 e. The van der Waals surface area contributed by atoms with Crippen LogP contribution < -0.4 is 9.62 Å². The monoisotopic (exact) mass is 535 g/mol. The number of amides is 1. The largest absolute Gasteiger partial charge is 0.466 e. The van der Waals surface area contributed by atoms with Gasteiger partial charge in [-0.3, -0.25) is 14.9 Å². The Kier molecular flexibility index (Phi) is 7.42. The van der Waals surface area contributed by atoms with E-state index >= 15 is 0 Å². The summed E-state index contributed by atoms with van der Waals surface area (Å²) in [6, 6.07) is 17.2. The van der Waals surface area contributed by atoms with E-state index in [1.54, 1.807) is 43.4 Å². The zero-order valence-electron chi connectivity index (χ0n) is 20.8. The fourth-order valence-electron chi connectivity index (χ4n) is 4.35. The average molecular weight is 536 g/mol. The first-order valence-electron chi connectivity index (χ1n) is 11.5. The molecule has 4 rings (SSSR count). The molecule has 0 saturated heterocycles. The molecule has 1 heterocycles. The molecule has 0 spiro atoms. The van der Waals surface area contributed by atoms with E-state index < -0.39 is 38.8 Å². The number of non-ortho nitro benzene ring substituents is 1. The van der Waals surface area contributed by atoms with E-state index in [1.165, 1.54) is 47.4 Å². The highest BCUT2D eigenvalue weighted by atomic mass is 32.2. The quantitative estimate of drug-likeness (QED) is 0.201. The number of carbonyl (C=O) groups is 2. The second-order valence-corrected chi connectivity index (χ2v) is 10.5. The Morgan fingerprint density at radius 2 is 1.79 bits per heavy atom. The summed E-state index contributed by atoms with van der Waals surface area (Å²) in [4.78, 5) is 38.5. The molecule has 1 aliphatic heterocycles. The number of esters is 1. The summed E-state index contributed by atoms with van der Waals surface area (Å²) in [5, 5.41) is 11.4. The van der Waals surface area contributed by atoms with Crippen LogP contribution in [0.5, 0.6) is 0 Å². The number of hydrogen-bond acceptors (Lipinski definition) is 7. The van der Waals surface area contributed by atoms with Crippen molar-refractivity contribution in [2.75, 3.05) is 19.1 Å². The van der Waals surface area contributed by atoms with Crippen molar-refractivity contribution in [1.82, 2.24) is 4.72 Å². The zero-order valence-corrected chi connectivity index (χ0v) is 21.6. The number of carbonyl (C=O) groups excluding carboxylic acids is 2. The second kappa shape index (κ2) is 10.6. The van der Waals surface area contributed by atoms with Crippen LogP contribution in [-0.2, 0) is 24.3 Å². The number of fused-ring (bicyclic) bond motifs is 1. The topological polar surface area (TPSA) is 136 Å². The van der Waals surface area contributed by atoms with Crippen LogP contribution >= 0.6 is 0 Å². The summed E-state index contributed by atoms with van der Waals surface area (Å²) >= 11 is 0. The van der Waals surface area contributed by atoms with Gasteiger partial charge in [-0.2, -0.15) is 4.72 Å². The van der Waals surface area contributed by atoms with Crippen molar-refractivity contribution < 1.29 is 27.7 Å². The van der Waals surface area contributed by atoms with Crippen molar-refractivity contribution in [1.29, 1.82) is 0 Å². The Balaban J connectivity index is 1.89. The first-order chi connectivity index (χ1) is 18.0. The van der Waals surface area contributed by atoms with Crippen LogP contribution in [0, 0.1) is 17.0 Å². The predicted octanol–water partition coefficient (Wildman–Crippen LogP) is 3.78. The summed E-state index contributed by atoms with van der Waals surface area (Å²) in [6.45, 7) is 1.81. The van der Waals surface area contributed by atoms with Gasteiger partial charge < -0.3 is 9.64 Å². The van der Waals surface area contributed by atoms with Gasteiger partial charge in [0.1, 0.15) is 0 Å². The normalized spacial score (nSPS) is 16.2. The number of nitro benzene ring substituents is 1. The third-order valence-electron chi connectivity index (χ3n) is 6.32. The lowest BCUT2D eigenvalue weighted by Crippen LogP contribution is -2.31. The summed E-state index contributed by atoms with van der Waals surface area (Å²) < 4.78 is 34.2. The molecule has 0 bridgehead atoms. The van der Waals surface area contributed by atoms with Crippen LogP contribution in [0.3, 0.4) is 0 Å². The van der Waals surface area contributed by atoms with Gasteiger partial charge in [0.05, 0.1) is 34.5 Å². The van der Waals surface area contributed by atoms with Crippen molar-refractivity contribution in [2.45, 2.75) is 23.8 Å². The molecule has 0 saturated carbocycles. The molecule has 11 heteroatoms. The third kappa shape index (κ3) is 5.20. The van der Waals surface area contributed by atoms with Gasteiger partial charge in [0, 0.05) is 24.9 Å². The summed E-state index contributed by atoms with van der Waals surface area (Å²) in [5.41, 5.74) is 1.84. The van der Waals surface area contributed by atoms with Gasteiger partial charge in [-0.1, -0.05) is 54.1 Å². The molecule has 0 radical (unpaired) electrons. The Morgan fingerprint density at radius 1 is 1.11 bits per heavy atom. The number of aryl methyl sites for hydroxylation is 1. The fourth-order valence-corrected chi connectivity index (χ4v) is 5.51. The van der Waals surface area contributed by atoms with Crippen LogP contribution in [-0.4, -0.2) is 39.4 Å². The maximum Gasteiger partial charge on any atom is 0.334 e. The molecule has 196 valence electrons. The number of rotatable bonds is 8. The minimum absolute atomic E-state index is 0.0337. The maximum atomic E-state index is 13.3. The number of hydrogen-bond donors (Lipinski definition) is 1. The van der Waals surface area contributed by atoms with E-state index in [4.69, 9.17) is 4.74 Å². The molecule has 10 nitrogen and oxygen atoms in total. The lowest BCUT2D eigenvalue weighted by molar-refractivity contribution is -0.384. The Labute approximate surface area is 219 Å². The highest BCUT2D eigenvalue weighted by molar-refractivity contribution is 7.89. The van der Waals surface area contributed by atoms with E-state index in [9.17, 15) is 28.1 Å². The second-order valence-electron chi connectivity index (χ2n) is 8.77. The average Bonchev–Trinajstić information content (AvgIpc) is 3.16. The first-order valence-corrected chi connectivity index (χ1v) is 13.0. The van der Waals surface area contributed by atoms with Crippen LogP contribution in [0.25, 0.3) is 0 Å². The van der Waals surface area contributed by atoms with Crippen molar-refractivity contribution in [3.05, 3.63) is 111 Å². The molecule has 1 N–H and O–H groups in total. The molecular formula is C27H25N3O7S. The number of benzene rings is 3. The Bertz CT molecular complexity index is 1550. The molecule has 0 aromatic heterocycles. The van der Waals surface area contributed by atoms with E-state index in [2.05, 4.69) is 4.72 Å². The predicted molar refractivity (Wildman–Crippen MR) is 140 cm³/mol. The minimum atomic E-state index is -4.16. The van der Waals surface area contributed by atoms with E-state index in [0.717, 1.165) is 12.7 Å². The number of methoxy groups -OCH3 is 1. The van der Waals surface area contributed by atoms with Crippen LogP contribution in [0.4, 0.5) is 11.4 Å². The SMILES string of the molecule is COC(=O)/C(=C/C(NS(=O)(=O)c1ccc(C)cc1)c1cccc([N+](=O)[O-])c1)C1C(=O)N(C)c2ccccc21. The van der Waals surface area contributed by atoms with Gasteiger partial charge in [-0.25, -0.2) is 13.2 Å². The maximum absolute atomic E-state index is 13.3. The molecule has 3 aromatic carbocycles. The van der Waals surface area contributed by atoms with Crippen LogP contribution in [0.1, 0.15) is 28.7 Å². The number of likely N-dealkylation sites (N-methyl/N-ethyl adjacent to an activating group) is 1. The van der Waals surface area contributed by atoms with E-state index in [-0.39, 0.29) is 21.7 Å². The highest BCUT2D eigenvalue weighted by Crippen LogP contribution is 2.41. The minimum Gasteiger partial charge on any atom is -0.466 e. The first kappa shape index (κ1) is 26.7. The standard InChI is InChI=1S/C27H25N3O7S/c1-17-11-13-20(14-12-17)38(35,36)28-23(18-7-6-8-19(15-18)30(33)34)16-22(27(32)37-3)25-21-9-4-5-10-24(21)29(2)26(25)31/h4-16,23,25,28H,1-3H3/b22-16+. The summed E-state index contributed by atoms with van der Waals surface area (Å²) in [5.74, 6) is -2.30. The number of anilines is 1. The third-order valence-corrected chi connectivity index (χ3v) is 7.78. The van der Waals surface area contributed by atoms with Gasteiger partial charge in [0.2, 0.25) is 15.9 Å². The fraction of sp³-hybridized carbons (Fsp3) is 0.185. The molecule has 0 aliphatic carbocycles. The van der Waals surface area contributed by atoms with Crippen molar-refractivity contribution in [3.8, 4) is 0 Å². The Hall–Kier alpha value is -4.35. The van der Waals surface area contributed by atoms with Gasteiger partial charge in [-0.05, 0) is 36.2 Å². The number of nitrogens with zero attached hydrogens (tertiary/aromatic N) is 2. The number of nitrogens with one attached hydrogen (secondary N) is 1. The Morgan fingerprint density at radius 3 is 2.45 bits per heavy atom. The molecule has 1 aliphatic rings. The van der Waals surface area contributed by atoms with Crippen molar-refractivity contribution in [3.63, 3.8) is 0 Å². The molecular weight excluding hydrogens is 510 g/mol. The van der Waals surface area contributed by atoms with Crippen molar-refractivity contribution >= 4 is 33.3 Å². The van der Waals surface area contributed by atoms with Crippen LogP contribution in [0.15, 0.2) is 89.3 Å². The van der Waals surface area contributed by atoms with Gasteiger partial charge in [0.25, 0.3) is 5.69 Å². The number of para-hydroxylation sites is 1. The van der Waals surface area contributed by atoms with E-state index in [0.29, 0.717) is 11.3 Å². The lowest BCUT2D eigenvalue weighted by atomic mass is 9.90.